The number of likely N-dealkylation sites (tertiary alicyclic amines) is 1. The fraction of sp³-hybridized carbons (Fsp3) is 0.700. The van der Waals surface area contributed by atoms with Crippen LogP contribution < -0.4 is 5.73 Å². The third kappa shape index (κ3) is 1.62. The van der Waals surface area contributed by atoms with Crippen LogP contribution in [0.2, 0.25) is 0 Å². The van der Waals surface area contributed by atoms with Crippen molar-refractivity contribution in [3.8, 4) is 0 Å². The van der Waals surface area contributed by atoms with Crippen LogP contribution in [0, 0.1) is 13.8 Å². The molecule has 4 heteroatoms. The van der Waals surface area contributed by atoms with E-state index in [-0.39, 0.29) is 0 Å². The summed E-state index contributed by atoms with van der Waals surface area (Å²) in [6, 6.07) is 0. The molecule has 0 amide bonds. The van der Waals surface area contributed by atoms with Crippen LogP contribution in [-0.4, -0.2) is 27.8 Å². The number of aryl methyl sites for hydroxylation is 1. The van der Waals surface area contributed by atoms with Gasteiger partial charge in [-0.1, -0.05) is 0 Å². The van der Waals surface area contributed by atoms with Crippen LogP contribution in [0.4, 0.5) is 5.69 Å². The lowest BCUT2D eigenvalue weighted by molar-refractivity contribution is 0.252. The maximum Gasteiger partial charge on any atom is 0.0932 e. The summed E-state index contributed by atoms with van der Waals surface area (Å²) in [5, 5.41) is 4.42. The van der Waals surface area contributed by atoms with Gasteiger partial charge < -0.3 is 5.73 Å². The van der Waals surface area contributed by atoms with Crippen molar-refractivity contribution in [3.63, 3.8) is 0 Å². The first-order valence-electron chi connectivity index (χ1n) is 5.20. The molecule has 0 aliphatic carbocycles. The van der Waals surface area contributed by atoms with E-state index >= 15 is 0 Å². The number of nitrogens with zero attached hydrogens (tertiary/aromatic N) is 3. The lowest BCUT2D eigenvalue weighted by Gasteiger charge is -2.15. The Kier molecular flexibility index (Phi) is 2.46. The second-order valence-electron chi connectivity index (χ2n) is 4.05. The van der Waals surface area contributed by atoms with Gasteiger partial charge in [-0.2, -0.15) is 5.10 Å². The van der Waals surface area contributed by atoms with Crippen molar-refractivity contribution in [1.82, 2.24) is 14.7 Å². The molecule has 1 aromatic heterocycles. The van der Waals surface area contributed by atoms with Crippen LogP contribution in [-0.2, 0) is 6.67 Å². The largest absolute Gasteiger partial charge is 0.396 e. The van der Waals surface area contributed by atoms with Gasteiger partial charge in [0, 0.05) is 0 Å². The van der Waals surface area contributed by atoms with E-state index in [9.17, 15) is 0 Å². The normalized spacial score (nSPS) is 17.9. The quantitative estimate of drug-likeness (QED) is 0.768. The third-order valence-electron chi connectivity index (χ3n) is 2.97. The number of hydrogen-bond acceptors (Lipinski definition) is 3. The van der Waals surface area contributed by atoms with Gasteiger partial charge in [-0.25, -0.2) is 0 Å². The van der Waals surface area contributed by atoms with Crippen LogP contribution in [0.15, 0.2) is 0 Å². The Hall–Kier alpha value is -1.03. The molecule has 0 bridgehead atoms. The Morgan fingerprint density at radius 1 is 1.29 bits per heavy atom. The number of hydrogen-bond donors (Lipinski definition) is 1. The van der Waals surface area contributed by atoms with E-state index < -0.39 is 0 Å². The Morgan fingerprint density at radius 3 is 2.43 bits per heavy atom. The van der Waals surface area contributed by atoms with Crippen molar-refractivity contribution in [2.24, 2.45) is 0 Å². The highest BCUT2D eigenvalue weighted by molar-refractivity contribution is 5.46. The SMILES string of the molecule is Cc1nn(CN2CCCC2)c(C)c1N. The lowest BCUT2D eigenvalue weighted by atomic mass is 10.3. The van der Waals surface area contributed by atoms with Gasteiger partial charge in [-0.15, -0.1) is 0 Å². The van der Waals surface area contributed by atoms with Gasteiger partial charge in [0.1, 0.15) is 0 Å². The summed E-state index contributed by atoms with van der Waals surface area (Å²) in [6.07, 6.45) is 2.63. The summed E-state index contributed by atoms with van der Waals surface area (Å²) < 4.78 is 2.01. The molecule has 1 fully saturated rings. The van der Waals surface area contributed by atoms with E-state index in [0.29, 0.717) is 0 Å². The molecule has 0 radical (unpaired) electrons. The van der Waals surface area contributed by atoms with E-state index in [1.807, 2.05) is 18.5 Å². The van der Waals surface area contributed by atoms with Crippen molar-refractivity contribution in [3.05, 3.63) is 11.4 Å². The van der Waals surface area contributed by atoms with Crippen molar-refractivity contribution in [2.45, 2.75) is 33.4 Å². The average Bonchev–Trinajstić information content (AvgIpc) is 2.73. The van der Waals surface area contributed by atoms with Gasteiger partial charge in [0.15, 0.2) is 0 Å². The Bertz CT molecular complexity index is 323. The van der Waals surface area contributed by atoms with Gasteiger partial charge in [0.05, 0.1) is 23.7 Å². The third-order valence-corrected chi connectivity index (χ3v) is 2.97. The maximum atomic E-state index is 5.88. The van der Waals surface area contributed by atoms with E-state index in [1.54, 1.807) is 0 Å². The van der Waals surface area contributed by atoms with Crippen LogP contribution >= 0.6 is 0 Å². The van der Waals surface area contributed by atoms with Crippen molar-refractivity contribution >= 4 is 5.69 Å². The molecule has 78 valence electrons. The van der Waals surface area contributed by atoms with E-state index in [1.165, 1.54) is 25.9 Å². The highest BCUT2D eigenvalue weighted by atomic mass is 15.4. The minimum Gasteiger partial charge on any atom is -0.396 e. The van der Waals surface area contributed by atoms with Gasteiger partial charge >= 0.3 is 0 Å². The van der Waals surface area contributed by atoms with E-state index in [0.717, 1.165) is 23.7 Å². The monoisotopic (exact) mass is 194 g/mol. The highest BCUT2D eigenvalue weighted by Gasteiger charge is 2.14. The lowest BCUT2D eigenvalue weighted by Crippen LogP contribution is -2.24. The van der Waals surface area contributed by atoms with Crippen molar-refractivity contribution in [2.75, 3.05) is 18.8 Å². The van der Waals surface area contributed by atoms with E-state index in [2.05, 4.69) is 10.00 Å². The molecule has 2 N–H and O–H groups in total. The maximum absolute atomic E-state index is 5.88. The molecule has 1 aliphatic rings. The first-order valence-corrected chi connectivity index (χ1v) is 5.20. The number of anilines is 1. The number of rotatable bonds is 2. The number of aromatic nitrogens is 2. The zero-order valence-electron chi connectivity index (χ0n) is 8.95. The molecule has 0 aromatic carbocycles. The zero-order valence-corrected chi connectivity index (χ0v) is 8.95. The first-order chi connectivity index (χ1) is 6.68. The van der Waals surface area contributed by atoms with Gasteiger partial charge in [-0.3, -0.25) is 9.58 Å². The fourth-order valence-corrected chi connectivity index (χ4v) is 1.96. The molecule has 0 unspecified atom stereocenters. The molecule has 1 aromatic rings. The molecular weight excluding hydrogens is 176 g/mol. The highest BCUT2D eigenvalue weighted by Crippen LogP contribution is 2.16. The molecule has 0 saturated carbocycles. The minimum absolute atomic E-state index is 0.837. The Balaban J connectivity index is 2.12. The molecule has 14 heavy (non-hydrogen) atoms. The van der Waals surface area contributed by atoms with Crippen LogP contribution in [0.25, 0.3) is 0 Å². The fourth-order valence-electron chi connectivity index (χ4n) is 1.96. The number of nitrogen functional groups attached to an aromatic ring is 1. The summed E-state index contributed by atoms with van der Waals surface area (Å²) in [4.78, 5) is 2.42. The van der Waals surface area contributed by atoms with Gasteiger partial charge in [0.25, 0.3) is 0 Å². The average molecular weight is 194 g/mol. The molecule has 1 aliphatic heterocycles. The second-order valence-corrected chi connectivity index (χ2v) is 4.05. The molecule has 0 atom stereocenters. The Labute approximate surface area is 84.7 Å². The summed E-state index contributed by atoms with van der Waals surface area (Å²) in [5.74, 6) is 0. The summed E-state index contributed by atoms with van der Waals surface area (Å²) >= 11 is 0. The molecule has 2 heterocycles. The molecular formula is C10H18N4. The number of nitrogens with two attached hydrogens (primary N) is 1. The van der Waals surface area contributed by atoms with Crippen LogP contribution in [0.5, 0.6) is 0 Å². The molecule has 1 saturated heterocycles. The molecule has 4 nitrogen and oxygen atoms in total. The van der Waals surface area contributed by atoms with Crippen molar-refractivity contribution in [1.29, 1.82) is 0 Å². The minimum atomic E-state index is 0.837. The summed E-state index contributed by atoms with van der Waals surface area (Å²) in [5.41, 5.74) is 8.75. The van der Waals surface area contributed by atoms with Gasteiger partial charge in [-0.05, 0) is 39.8 Å². The topological polar surface area (TPSA) is 47.1 Å². The predicted molar refractivity (Wildman–Crippen MR) is 56.9 cm³/mol. The van der Waals surface area contributed by atoms with E-state index in [4.69, 9.17) is 5.73 Å². The summed E-state index contributed by atoms with van der Waals surface area (Å²) in [7, 11) is 0. The van der Waals surface area contributed by atoms with Crippen LogP contribution in [0.1, 0.15) is 24.2 Å². The smallest absolute Gasteiger partial charge is 0.0932 e. The van der Waals surface area contributed by atoms with Crippen LogP contribution in [0.3, 0.4) is 0 Å². The molecule has 0 spiro atoms. The Morgan fingerprint density at radius 2 is 1.93 bits per heavy atom. The first kappa shape index (κ1) is 9.52. The standard InChI is InChI=1S/C10H18N4/c1-8-10(11)9(2)14(12-8)7-13-5-3-4-6-13/h3-7,11H2,1-2H3. The predicted octanol–water partition coefficient (Wildman–Crippen LogP) is 1.14. The molecule has 2 rings (SSSR count). The van der Waals surface area contributed by atoms with Crippen molar-refractivity contribution < 1.29 is 0 Å². The summed E-state index contributed by atoms with van der Waals surface area (Å²) in [6.45, 7) is 7.27. The zero-order chi connectivity index (χ0) is 10.1. The van der Waals surface area contributed by atoms with Gasteiger partial charge in [0.2, 0.25) is 0 Å². The second kappa shape index (κ2) is 3.61.